The van der Waals surface area contributed by atoms with Crippen molar-refractivity contribution in [3.63, 3.8) is 0 Å². The van der Waals surface area contributed by atoms with Crippen LogP contribution in [-0.4, -0.2) is 32.6 Å². The molecule has 5 nitrogen and oxygen atoms in total. The summed E-state index contributed by atoms with van der Waals surface area (Å²) in [6.07, 6.45) is 3.14. The van der Waals surface area contributed by atoms with Crippen molar-refractivity contribution in [3.8, 4) is 0 Å². The zero-order chi connectivity index (χ0) is 16.9. The van der Waals surface area contributed by atoms with Gasteiger partial charge in [0.1, 0.15) is 18.5 Å². The smallest absolute Gasteiger partial charge is 0.253 e. The largest absolute Gasteiger partial charge is 0.337 e. The molecule has 0 fully saturated rings. The third-order valence-electron chi connectivity index (χ3n) is 3.69. The number of nitrogens with zero attached hydrogens (tertiary/aromatic N) is 4. The van der Waals surface area contributed by atoms with E-state index in [9.17, 15) is 9.18 Å². The van der Waals surface area contributed by atoms with Crippen LogP contribution in [0.2, 0.25) is 0 Å². The molecule has 0 N–H and O–H groups in total. The Bertz CT molecular complexity index is 798. The minimum absolute atomic E-state index is 0.0772. The van der Waals surface area contributed by atoms with E-state index in [0.29, 0.717) is 18.7 Å². The van der Waals surface area contributed by atoms with Crippen LogP contribution < -0.4 is 0 Å². The lowest BCUT2D eigenvalue weighted by atomic mass is 10.1. The topological polar surface area (TPSA) is 51.0 Å². The fraction of sp³-hybridized carbons (Fsp3) is 0.167. The van der Waals surface area contributed by atoms with Crippen LogP contribution in [0.4, 0.5) is 4.39 Å². The summed E-state index contributed by atoms with van der Waals surface area (Å²) in [6, 6.07) is 13.6. The molecule has 0 bridgehead atoms. The average Bonchev–Trinajstić information content (AvgIpc) is 3.10. The Kier molecular flexibility index (Phi) is 4.65. The van der Waals surface area contributed by atoms with Crippen molar-refractivity contribution >= 4 is 5.91 Å². The molecule has 122 valence electrons. The third kappa shape index (κ3) is 3.84. The summed E-state index contributed by atoms with van der Waals surface area (Å²) in [7, 11) is 1.73. The highest BCUT2D eigenvalue weighted by Crippen LogP contribution is 2.11. The maximum Gasteiger partial charge on any atom is 0.253 e. The summed E-state index contributed by atoms with van der Waals surface area (Å²) in [5, 5.41) is 4.05. The van der Waals surface area contributed by atoms with Gasteiger partial charge in [-0.05, 0) is 35.4 Å². The van der Waals surface area contributed by atoms with E-state index >= 15 is 0 Å². The lowest BCUT2D eigenvalue weighted by Crippen LogP contribution is -2.26. The fourth-order valence-electron chi connectivity index (χ4n) is 2.41. The Hall–Kier alpha value is -3.02. The first-order chi connectivity index (χ1) is 11.6. The number of halogens is 1. The molecule has 0 spiro atoms. The second kappa shape index (κ2) is 7.04. The highest BCUT2D eigenvalue weighted by molar-refractivity contribution is 5.94. The van der Waals surface area contributed by atoms with Gasteiger partial charge in [-0.2, -0.15) is 5.10 Å². The van der Waals surface area contributed by atoms with E-state index < -0.39 is 0 Å². The Morgan fingerprint density at radius 2 is 1.75 bits per heavy atom. The van der Waals surface area contributed by atoms with E-state index in [1.54, 1.807) is 47.2 Å². The second-order valence-corrected chi connectivity index (χ2v) is 5.58. The van der Waals surface area contributed by atoms with Crippen molar-refractivity contribution in [3.05, 3.63) is 83.7 Å². The molecular weight excluding hydrogens is 307 g/mol. The highest BCUT2D eigenvalue weighted by atomic mass is 19.1. The number of carbonyl (C=O) groups excluding carboxylic acids is 1. The maximum absolute atomic E-state index is 12.9. The summed E-state index contributed by atoms with van der Waals surface area (Å²) >= 11 is 0. The first kappa shape index (κ1) is 15.9. The van der Waals surface area contributed by atoms with Crippen LogP contribution in [0.25, 0.3) is 0 Å². The van der Waals surface area contributed by atoms with E-state index in [4.69, 9.17) is 0 Å². The van der Waals surface area contributed by atoms with Gasteiger partial charge < -0.3 is 4.90 Å². The van der Waals surface area contributed by atoms with E-state index in [0.717, 1.165) is 11.1 Å². The molecule has 24 heavy (non-hydrogen) atoms. The number of aromatic nitrogens is 3. The molecule has 0 radical (unpaired) electrons. The van der Waals surface area contributed by atoms with Crippen LogP contribution in [0.1, 0.15) is 21.5 Å². The molecular formula is C18H17FN4O. The van der Waals surface area contributed by atoms with Crippen LogP contribution in [-0.2, 0) is 13.1 Å². The minimum atomic E-state index is -0.282. The standard InChI is InChI=1S/C18H17FN4O/c1-22(10-14-4-8-17(19)9-5-14)18(24)16-6-2-15(3-7-16)11-23-13-20-12-21-23/h2-9,12-13H,10-11H2,1H3. The average molecular weight is 324 g/mol. The van der Waals surface area contributed by atoms with Crippen LogP contribution in [0.5, 0.6) is 0 Å². The Labute approximate surface area is 139 Å². The minimum Gasteiger partial charge on any atom is -0.337 e. The predicted octanol–water partition coefficient (Wildman–Crippen LogP) is 2.74. The van der Waals surface area contributed by atoms with E-state index in [2.05, 4.69) is 10.1 Å². The fourth-order valence-corrected chi connectivity index (χ4v) is 2.41. The van der Waals surface area contributed by atoms with Gasteiger partial charge >= 0.3 is 0 Å². The molecule has 0 aliphatic rings. The molecule has 0 aliphatic carbocycles. The zero-order valence-electron chi connectivity index (χ0n) is 13.3. The van der Waals surface area contributed by atoms with Gasteiger partial charge in [0.15, 0.2) is 0 Å². The number of amides is 1. The van der Waals surface area contributed by atoms with Gasteiger partial charge in [-0.15, -0.1) is 0 Å². The molecule has 0 saturated heterocycles. The monoisotopic (exact) mass is 324 g/mol. The Balaban J connectivity index is 1.64. The quantitative estimate of drug-likeness (QED) is 0.725. The van der Waals surface area contributed by atoms with Crippen molar-refractivity contribution in [2.75, 3.05) is 7.05 Å². The molecule has 1 amide bonds. The molecule has 0 atom stereocenters. The van der Waals surface area contributed by atoms with E-state index in [1.165, 1.54) is 18.5 Å². The number of hydrogen-bond acceptors (Lipinski definition) is 3. The first-order valence-corrected chi connectivity index (χ1v) is 7.53. The van der Waals surface area contributed by atoms with Crippen molar-refractivity contribution < 1.29 is 9.18 Å². The van der Waals surface area contributed by atoms with Gasteiger partial charge in [-0.25, -0.2) is 14.1 Å². The lowest BCUT2D eigenvalue weighted by molar-refractivity contribution is 0.0785. The van der Waals surface area contributed by atoms with Crippen molar-refractivity contribution in [1.82, 2.24) is 19.7 Å². The number of hydrogen-bond donors (Lipinski definition) is 0. The van der Waals surface area contributed by atoms with Gasteiger partial charge in [0.2, 0.25) is 0 Å². The van der Waals surface area contributed by atoms with Crippen molar-refractivity contribution in [2.45, 2.75) is 13.1 Å². The molecule has 2 aromatic carbocycles. The summed E-state index contributed by atoms with van der Waals surface area (Å²) < 4.78 is 14.7. The van der Waals surface area contributed by atoms with Gasteiger partial charge in [-0.1, -0.05) is 24.3 Å². The third-order valence-corrected chi connectivity index (χ3v) is 3.69. The molecule has 1 aromatic heterocycles. The van der Waals surface area contributed by atoms with Gasteiger partial charge in [0.05, 0.1) is 6.54 Å². The Morgan fingerprint density at radius 1 is 1.08 bits per heavy atom. The van der Waals surface area contributed by atoms with E-state index in [-0.39, 0.29) is 11.7 Å². The zero-order valence-corrected chi connectivity index (χ0v) is 13.3. The highest BCUT2D eigenvalue weighted by Gasteiger charge is 2.12. The predicted molar refractivity (Wildman–Crippen MR) is 87.8 cm³/mol. The number of rotatable bonds is 5. The molecule has 3 aromatic rings. The van der Waals surface area contributed by atoms with Crippen LogP contribution >= 0.6 is 0 Å². The van der Waals surface area contributed by atoms with Crippen LogP contribution in [0.15, 0.2) is 61.2 Å². The van der Waals surface area contributed by atoms with Crippen LogP contribution in [0.3, 0.4) is 0 Å². The number of benzene rings is 2. The molecule has 6 heteroatoms. The molecule has 1 heterocycles. The van der Waals surface area contributed by atoms with Gasteiger partial charge in [0, 0.05) is 19.2 Å². The maximum atomic E-state index is 12.9. The van der Waals surface area contributed by atoms with E-state index in [1.807, 2.05) is 12.1 Å². The first-order valence-electron chi connectivity index (χ1n) is 7.53. The lowest BCUT2D eigenvalue weighted by Gasteiger charge is -2.17. The molecule has 0 unspecified atom stereocenters. The second-order valence-electron chi connectivity index (χ2n) is 5.58. The summed E-state index contributed by atoms with van der Waals surface area (Å²) in [6.45, 7) is 1.04. The SMILES string of the molecule is CN(Cc1ccc(F)cc1)C(=O)c1ccc(Cn2cncn2)cc1. The van der Waals surface area contributed by atoms with Gasteiger partial charge in [0.25, 0.3) is 5.91 Å². The Morgan fingerprint density at radius 3 is 2.38 bits per heavy atom. The van der Waals surface area contributed by atoms with Crippen molar-refractivity contribution in [2.24, 2.45) is 0 Å². The summed E-state index contributed by atoms with van der Waals surface area (Å²) in [5.41, 5.74) is 2.54. The normalized spacial score (nSPS) is 10.6. The molecule has 0 aliphatic heterocycles. The number of carbonyl (C=O) groups is 1. The summed E-state index contributed by atoms with van der Waals surface area (Å²) in [4.78, 5) is 18.0. The van der Waals surface area contributed by atoms with Crippen LogP contribution in [0, 0.1) is 5.82 Å². The molecule has 0 saturated carbocycles. The van der Waals surface area contributed by atoms with Gasteiger partial charge in [-0.3, -0.25) is 4.79 Å². The van der Waals surface area contributed by atoms with Crippen molar-refractivity contribution in [1.29, 1.82) is 0 Å². The summed E-state index contributed by atoms with van der Waals surface area (Å²) in [5.74, 6) is -0.359. The molecule has 3 rings (SSSR count).